The maximum absolute atomic E-state index is 14.2. The van der Waals surface area contributed by atoms with Crippen LogP contribution in [0.25, 0.3) is 0 Å². The van der Waals surface area contributed by atoms with E-state index < -0.39 is 35.6 Å². The van der Waals surface area contributed by atoms with E-state index in [4.69, 9.17) is 9.84 Å². The number of ether oxygens (including phenoxy) is 1. The normalized spacial score (nSPS) is 22.9. The molecule has 0 spiro atoms. The number of nitrogens with zero attached hydrogens (tertiary/aromatic N) is 1. The fraction of sp³-hybridized carbons (Fsp3) is 0.429. The van der Waals surface area contributed by atoms with E-state index >= 15 is 0 Å². The molecule has 0 bridgehead atoms. The highest BCUT2D eigenvalue weighted by Gasteiger charge is 2.46. The molecule has 0 saturated carbocycles. The van der Waals surface area contributed by atoms with Crippen LogP contribution in [0.15, 0.2) is 30.3 Å². The molecule has 0 aromatic heterocycles. The van der Waals surface area contributed by atoms with Crippen molar-refractivity contribution >= 4 is 11.9 Å². The van der Waals surface area contributed by atoms with Gasteiger partial charge in [-0.1, -0.05) is 30.3 Å². The molecule has 1 aromatic carbocycles. The zero-order valence-electron chi connectivity index (χ0n) is 11.3. The largest absolute Gasteiger partial charge is 0.479 e. The standard InChI is InChI=1S/C14H15F2NO4/c1-9-7-17(8-11(21-9)12(18)19)13(20)14(15,16)10-5-3-2-4-6-10/h2-6,9,11H,7-8H2,1H3,(H,18,19)/t9-,11?/m1/s1. The molecule has 21 heavy (non-hydrogen) atoms. The van der Waals surface area contributed by atoms with Crippen molar-refractivity contribution in [1.29, 1.82) is 0 Å². The lowest BCUT2D eigenvalue weighted by atomic mass is 10.1. The Morgan fingerprint density at radius 3 is 2.48 bits per heavy atom. The fourth-order valence-electron chi connectivity index (χ4n) is 2.22. The number of aliphatic carboxylic acids is 1. The van der Waals surface area contributed by atoms with E-state index in [1.165, 1.54) is 19.1 Å². The highest BCUT2D eigenvalue weighted by atomic mass is 19.3. The Morgan fingerprint density at radius 2 is 1.90 bits per heavy atom. The molecule has 1 N–H and O–H groups in total. The van der Waals surface area contributed by atoms with Gasteiger partial charge < -0.3 is 14.7 Å². The zero-order valence-corrected chi connectivity index (χ0v) is 11.3. The molecule has 1 aromatic rings. The van der Waals surface area contributed by atoms with Crippen molar-refractivity contribution in [1.82, 2.24) is 4.90 Å². The number of hydrogen-bond donors (Lipinski definition) is 1. The highest BCUT2D eigenvalue weighted by molar-refractivity contribution is 5.85. The minimum atomic E-state index is -3.69. The average Bonchev–Trinajstić information content (AvgIpc) is 2.46. The van der Waals surface area contributed by atoms with Crippen LogP contribution in [0.3, 0.4) is 0 Å². The van der Waals surface area contributed by atoms with E-state index in [1.54, 1.807) is 6.07 Å². The van der Waals surface area contributed by atoms with Crippen molar-refractivity contribution in [3.63, 3.8) is 0 Å². The second-order valence-electron chi connectivity index (χ2n) is 4.92. The molecule has 1 saturated heterocycles. The van der Waals surface area contributed by atoms with Gasteiger partial charge in [0.1, 0.15) is 0 Å². The molecular formula is C14H15F2NO4. The van der Waals surface area contributed by atoms with Crippen LogP contribution in [0, 0.1) is 0 Å². The molecule has 1 fully saturated rings. The second-order valence-corrected chi connectivity index (χ2v) is 4.92. The quantitative estimate of drug-likeness (QED) is 0.918. The maximum Gasteiger partial charge on any atom is 0.349 e. The molecule has 2 atom stereocenters. The summed E-state index contributed by atoms with van der Waals surface area (Å²) in [6.45, 7) is 1.09. The summed E-state index contributed by atoms with van der Waals surface area (Å²) in [5.41, 5.74) is -0.416. The van der Waals surface area contributed by atoms with E-state index in [1.807, 2.05) is 0 Å². The number of carboxylic acid groups (broad SMARTS) is 1. The van der Waals surface area contributed by atoms with Crippen LogP contribution < -0.4 is 0 Å². The Morgan fingerprint density at radius 1 is 1.29 bits per heavy atom. The SMILES string of the molecule is C[C@@H]1CN(C(=O)C(F)(F)c2ccccc2)CC(C(=O)O)O1. The summed E-state index contributed by atoms with van der Waals surface area (Å²) in [5.74, 6) is -6.38. The van der Waals surface area contributed by atoms with Crippen LogP contribution >= 0.6 is 0 Å². The van der Waals surface area contributed by atoms with E-state index in [0.29, 0.717) is 0 Å². The molecule has 0 aliphatic carbocycles. The Labute approximate surface area is 120 Å². The first-order valence-electron chi connectivity index (χ1n) is 6.43. The molecule has 114 valence electrons. The van der Waals surface area contributed by atoms with Gasteiger partial charge in [-0.2, -0.15) is 8.78 Å². The van der Waals surface area contributed by atoms with Gasteiger partial charge in [0.05, 0.1) is 12.6 Å². The van der Waals surface area contributed by atoms with Gasteiger partial charge in [0.25, 0.3) is 5.91 Å². The predicted molar refractivity (Wildman–Crippen MR) is 68.9 cm³/mol. The van der Waals surface area contributed by atoms with Gasteiger partial charge in [0.15, 0.2) is 6.10 Å². The number of halogens is 2. The van der Waals surface area contributed by atoms with Crippen molar-refractivity contribution < 1.29 is 28.2 Å². The third kappa shape index (κ3) is 3.18. The fourth-order valence-corrected chi connectivity index (χ4v) is 2.22. The zero-order chi connectivity index (χ0) is 15.6. The number of hydrogen-bond acceptors (Lipinski definition) is 3. The van der Waals surface area contributed by atoms with Crippen molar-refractivity contribution in [2.24, 2.45) is 0 Å². The molecule has 2 rings (SSSR count). The number of alkyl halides is 2. The van der Waals surface area contributed by atoms with Crippen molar-refractivity contribution in [3.05, 3.63) is 35.9 Å². The minimum Gasteiger partial charge on any atom is -0.479 e. The minimum absolute atomic E-state index is 0.0644. The Balaban J connectivity index is 2.20. The number of amides is 1. The van der Waals surface area contributed by atoms with Crippen LogP contribution in [-0.4, -0.2) is 47.2 Å². The number of carboxylic acids is 1. The first-order chi connectivity index (χ1) is 9.82. The van der Waals surface area contributed by atoms with Crippen molar-refractivity contribution in [2.75, 3.05) is 13.1 Å². The van der Waals surface area contributed by atoms with Crippen LogP contribution in [-0.2, 0) is 20.2 Å². The number of morpholine rings is 1. The summed E-state index contributed by atoms with van der Waals surface area (Å²) in [7, 11) is 0. The average molecular weight is 299 g/mol. The summed E-state index contributed by atoms with van der Waals surface area (Å²) in [5, 5.41) is 8.92. The number of rotatable bonds is 3. The van der Waals surface area contributed by atoms with Crippen molar-refractivity contribution in [3.8, 4) is 0 Å². The van der Waals surface area contributed by atoms with E-state index in [2.05, 4.69) is 0 Å². The van der Waals surface area contributed by atoms with Crippen LogP contribution in [0.4, 0.5) is 8.78 Å². The molecule has 7 heteroatoms. The molecule has 1 aliphatic rings. The van der Waals surface area contributed by atoms with E-state index in [-0.39, 0.29) is 13.1 Å². The number of benzene rings is 1. The Kier molecular flexibility index (Phi) is 4.22. The highest BCUT2D eigenvalue weighted by Crippen LogP contribution is 2.31. The number of carbonyl (C=O) groups excluding carboxylic acids is 1. The van der Waals surface area contributed by atoms with Crippen molar-refractivity contribution in [2.45, 2.75) is 25.1 Å². The lowest BCUT2D eigenvalue weighted by molar-refractivity contribution is -0.178. The number of carbonyl (C=O) groups is 2. The molecule has 1 heterocycles. The third-order valence-corrected chi connectivity index (χ3v) is 3.23. The first-order valence-corrected chi connectivity index (χ1v) is 6.43. The molecular weight excluding hydrogens is 284 g/mol. The summed E-state index contributed by atoms with van der Waals surface area (Å²) < 4.78 is 33.5. The predicted octanol–water partition coefficient (Wildman–Crippen LogP) is 1.48. The van der Waals surface area contributed by atoms with Gasteiger partial charge in [-0.25, -0.2) is 4.79 Å². The monoisotopic (exact) mass is 299 g/mol. The maximum atomic E-state index is 14.2. The summed E-state index contributed by atoms with van der Waals surface area (Å²) in [4.78, 5) is 23.8. The lowest BCUT2D eigenvalue weighted by Crippen LogP contribution is -2.55. The topological polar surface area (TPSA) is 66.8 Å². The Hall–Kier alpha value is -2.02. The third-order valence-electron chi connectivity index (χ3n) is 3.23. The summed E-state index contributed by atoms with van der Waals surface area (Å²) in [6.07, 6.45) is -1.90. The molecule has 1 aliphatic heterocycles. The van der Waals surface area contributed by atoms with Gasteiger partial charge in [0, 0.05) is 12.1 Å². The lowest BCUT2D eigenvalue weighted by Gasteiger charge is -2.36. The Bertz CT molecular complexity index is 535. The molecule has 0 radical (unpaired) electrons. The van der Waals surface area contributed by atoms with Gasteiger partial charge in [-0.05, 0) is 6.92 Å². The summed E-state index contributed by atoms with van der Waals surface area (Å²) in [6, 6.07) is 6.73. The van der Waals surface area contributed by atoms with Gasteiger partial charge in [0.2, 0.25) is 0 Å². The van der Waals surface area contributed by atoms with E-state index in [9.17, 15) is 18.4 Å². The second kappa shape index (κ2) is 5.77. The molecule has 5 nitrogen and oxygen atoms in total. The van der Waals surface area contributed by atoms with Gasteiger partial charge in [-0.3, -0.25) is 4.79 Å². The molecule has 1 amide bonds. The van der Waals surface area contributed by atoms with Crippen LogP contribution in [0.5, 0.6) is 0 Å². The van der Waals surface area contributed by atoms with Gasteiger partial charge in [-0.15, -0.1) is 0 Å². The van der Waals surface area contributed by atoms with Crippen LogP contribution in [0.1, 0.15) is 12.5 Å². The van der Waals surface area contributed by atoms with E-state index in [0.717, 1.165) is 17.0 Å². The van der Waals surface area contributed by atoms with Gasteiger partial charge >= 0.3 is 11.9 Å². The summed E-state index contributed by atoms with van der Waals surface area (Å²) >= 11 is 0. The molecule has 1 unspecified atom stereocenters. The smallest absolute Gasteiger partial charge is 0.349 e. The first kappa shape index (κ1) is 15.4. The van der Waals surface area contributed by atoms with Crippen LogP contribution in [0.2, 0.25) is 0 Å².